The topological polar surface area (TPSA) is 66.0 Å². The fourth-order valence-corrected chi connectivity index (χ4v) is 2.73. The van der Waals surface area contributed by atoms with Crippen LogP contribution in [0.5, 0.6) is 0 Å². The third-order valence-corrected chi connectivity index (χ3v) is 3.27. The van der Waals surface area contributed by atoms with Crippen molar-refractivity contribution in [1.82, 2.24) is 10.2 Å². The van der Waals surface area contributed by atoms with E-state index in [9.17, 15) is 4.79 Å². The zero-order chi connectivity index (χ0) is 8.55. The Morgan fingerprint density at radius 2 is 2.50 bits per heavy atom. The van der Waals surface area contributed by atoms with Crippen molar-refractivity contribution >= 4 is 36.8 Å². The summed E-state index contributed by atoms with van der Waals surface area (Å²) in [5.74, 6) is -0.969. The number of hydrogen-bond donors (Lipinski definition) is 2. The highest BCUT2D eigenvalue weighted by molar-refractivity contribution is 14.2. The van der Waals surface area contributed by atoms with Gasteiger partial charge in [0.1, 0.15) is 0 Å². The van der Waals surface area contributed by atoms with Crippen LogP contribution in [0.2, 0.25) is 0 Å². The lowest BCUT2D eigenvalue weighted by molar-refractivity contribution is 0.0690. The molecule has 0 radical (unpaired) electrons. The third kappa shape index (κ3) is 1.09. The molecule has 0 bridgehead atoms. The number of rotatable bonds is 1. The number of H-pyrrole nitrogens is 1. The molecular weight excluding hydrogens is 271 g/mol. The first kappa shape index (κ1) is 7.66. The highest BCUT2D eigenvalue weighted by Crippen LogP contribution is 2.19. The smallest absolute Gasteiger partial charge is 0.357 e. The van der Waals surface area contributed by atoms with Crippen LogP contribution in [0.4, 0.5) is 0 Å². The molecule has 0 amide bonds. The molecule has 0 unspecified atom stereocenters. The van der Waals surface area contributed by atoms with Crippen molar-refractivity contribution in [2.45, 2.75) is 0 Å². The van der Waals surface area contributed by atoms with Gasteiger partial charge >= 0.3 is 5.97 Å². The number of nitrogens with one attached hydrogen (secondary N) is 1. The average molecular weight is 276 g/mol. The van der Waals surface area contributed by atoms with Gasteiger partial charge in [-0.05, 0) is 14.2 Å². The fraction of sp³-hybridized carbons (Fsp3) is 0. The van der Waals surface area contributed by atoms with E-state index in [0.29, 0.717) is 0 Å². The molecule has 0 spiro atoms. The molecule has 0 aliphatic carbocycles. The Morgan fingerprint density at radius 3 is 3.25 bits per heavy atom. The molecule has 1 aliphatic heterocycles. The van der Waals surface area contributed by atoms with Gasteiger partial charge in [0.25, 0.3) is 0 Å². The number of carboxylic acids is 1. The molecule has 5 heteroatoms. The second-order valence-corrected chi connectivity index (χ2v) is 4.29. The lowest BCUT2D eigenvalue weighted by atomic mass is 10.2. The van der Waals surface area contributed by atoms with E-state index in [1.54, 1.807) is 0 Å². The SMILES string of the molecule is O=C(O)c1n[nH]c2c1C=IC=C2. The van der Waals surface area contributed by atoms with Crippen LogP contribution in [-0.2, 0) is 0 Å². The molecule has 62 valence electrons. The van der Waals surface area contributed by atoms with Crippen LogP contribution in [0.25, 0.3) is 6.08 Å². The maximum absolute atomic E-state index is 10.6. The van der Waals surface area contributed by atoms with Gasteiger partial charge in [0, 0.05) is 5.56 Å². The van der Waals surface area contributed by atoms with Gasteiger partial charge in [0.05, 0.1) is 5.69 Å². The highest BCUT2D eigenvalue weighted by Gasteiger charge is 2.16. The van der Waals surface area contributed by atoms with Gasteiger partial charge in [0.15, 0.2) is 5.69 Å². The van der Waals surface area contributed by atoms with Crippen molar-refractivity contribution in [3.63, 3.8) is 0 Å². The minimum absolute atomic E-state index is 0.119. The number of nitrogens with zero attached hydrogens (tertiary/aromatic N) is 1. The molecule has 1 aromatic heterocycles. The molecule has 0 aromatic carbocycles. The van der Waals surface area contributed by atoms with Gasteiger partial charge in [0.2, 0.25) is 0 Å². The molecule has 0 fully saturated rings. The van der Waals surface area contributed by atoms with E-state index in [0.717, 1.165) is 11.3 Å². The van der Waals surface area contributed by atoms with E-state index in [4.69, 9.17) is 5.11 Å². The number of fused-ring (bicyclic) bond motifs is 1. The van der Waals surface area contributed by atoms with Crippen LogP contribution in [0.15, 0.2) is 4.08 Å². The quantitative estimate of drug-likeness (QED) is 0.758. The van der Waals surface area contributed by atoms with Crippen LogP contribution in [-0.4, -0.2) is 25.3 Å². The predicted octanol–water partition coefficient (Wildman–Crippen LogP) is 1.21. The summed E-state index contributed by atoms with van der Waals surface area (Å²) in [6.45, 7) is 0. The zero-order valence-corrected chi connectivity index (χ0v) is 8.07. The molecule has 12 heavy (non-hydrogen) atoms. The Kier molecular flexibility index (Phi) is 1.80. The molecule has 2 heterocycles. The van der Waals surface area contributed by atoms with Gasteiger partial charge in [-0.2, -0.15) is 5.10 Å². The first-order valence-corrected chi connectivity index (χ1v) is 5.71. The van der Waals surface area contributed by atoms with Gasteiger partial charge < -0.3 is 5.11 Å². The Morgan fingerprint density at radius 1 is 1.67 bits per heavy atom. The van der Waals surface area contributed by atoms with Gasteiger partial charge in [-0.15, -0.1) is 0 Å². The van der Waals surface area contributed by atoms with E-state index in [-0.39, 0.29) is 26.4 Å². The molecule has 0 saturated heterocycles. The molecule has 1 aromatic rings. The molecular formula is C7H5IN2O2. The van der Waals surface area contributed by atoms with Gasteiger partial charge in [-0.25, -0.2) is 4.79 Å². The first-order valence-electron chi connectivity index (χ1n) is 3.22. The zero-order valence-electron chi connectivity index (χ0n) is 5.91. The summed E-state index contributed by atoms with van der Waals surface area (Å²) in [5.41, 5.74) is 1.69. The van der Waals surface area contributed by atoms with Gasteiger partial charge in [-0.3, -0.25) is 5.10 Å². The van der Waals surface area contributed by atoms with Crippen LogP contribution < -0.4 is 0 Å². The molecule has 0 atom stereocenters. The number of hydrogen-bond acceptors (Lipinski definition) is 2. The largest absolute Gasteiger partial charge is 0.476 e. The molecule has 2 rings (SSSR count). The second kappa shape index (κ2) is 2.81. The van der Waals surface area contributed by atoms with Crippen molar-refractivity contribution in [2.75, 3.05) is 0 Å². The van der Waals surface area contributed by atoms with E-state index >= 15 is 0 Å². The maximum atomic E-state index is 10.6. The summed E-state index contributed by atoms with van der Waals surface area (Å²) in [4.78, 5) is 10.6. The van der Waals surface area contributed by atoms with Crippen molar-refractivity contribution in [1.29, 1.82) is 0 Å². The standard InChI is InChI=1S/C7H5IN2O2/c11-7(12)6-4-3-8-2-1-5(4)9-10-6/h1-3H,(H,9,10)(H,11,12). The molecule has 1 aliphatic rings. The van der Waals surface area contributed by atoms with Gasteiger partial charge in [-0.1, -0.05) is 20.7 Å². The minimum Gasteiger partial charge on any atom is -0.476 e. The average Bonchev–Trinajstić information content (AvgIpc) is 2.47. The van der Waals surface area contributed by atoms with Crippen molar-refractivity contribution in [3.8, 4) is 0 Å². The van der Waals surface area contributed by atoms with E-state index < -0.39 is 5.97 Å². The fourth-order valence-electron chi connectivity index (χ4n) is 0.963. The van der Waals surface area contributed by atoms with Crippen molar-refractivity contribution in [3.05, 3.63) is 21.0 Å². The summed E-state index contributed by atoms with van der Waals surface area (Å²) in [7, 11) is 0. The predicted molar refractivity (Wildman–Crippen MR) is 53.8 cm³/mol. The minimum atomic E-state index is -0.969. The van der Waals surface area contributed by atoms with E-state index in [1.807, 2.05) is 10.1 Å². The third-order valence-electron chi connectivity index (χ3n) is 1.51. The molecule has 2 N–H and O–H groups in total. The lowest BCUT2D eigenvalue weighted by Gasteiger charge is -1.95. The Balaban J connectivity index is 2.61. The van der Waals surface area contributed by atoms with Crippen LogP contribution in [0.3, 0.4) is 0 Å². The summed E-state index contributed by atoms with van der Waals surface area (Å²) < 4.78 is 4.02. The maximum Gasteiger partial charge on any atom is 0.357 e. The normalized spacial score (nSPS) is 13.7. The van der Waals surface area contributed by atoms with E-state index in [2.05, 4.69) is 14.3 Å². The number of aromatic carboxylic acids is 1. The van der Waals surface area contributed by atoms with E-state index in [1.165, 1.54) is 0 Å². The number of carbonyl (C=O) groups is 1. The monoisotopic (exact) mass is 276 g/mol. The summed E-state index contributed by atoms with van der Waals surface area (Å²) in [6, 6.07) is 0. The lowest BCUT2D eigenvalue weighted by Crippen LogP contribution is -2.00. The summed E-state index contributed by atoms with van der Waals surface area (Å²) >= 11 is -0.119. The number of halogens is 1. The second-order valence-electron chi connectivity index (χ2n) is 2.23. The van der Waals surface area contributed by atoms with Crippen LogP contribution in [0.1, 0.15) is 21.7 Å². The molecule has 0 saturated carbocycles. The van der Waals surface area contributed by atoms with Crippen molar-refractivity contribution in [2.24, 2.45) is 0 Å². The summed E-state index contributed by atoms with van der Waals surface area (Å²) in [6.07, 6.45) is 1.89. The Bertz CT molecular complexity index is 392. The van der Waals surface area contributed by atoms with Crippen LogP contribution in [0, 0.1) is 0 Å². The van der Waals surface area contributed by atoms with Crippen LogP contribution >= 0.6 is 20.7 Å². The number of aromatic amines is 1. The Labute approximate surface area is 78.0 Å². The number of carboxylic acid groups (broad SMARTS) is 1. The number of aromatic nitrogens is 2. The first-order chi connectivity index (χ1) is 5.79. The molecule has 4 nitrogen and oxygen atoms in total. The summed E-state index contributed by atoms with van der Waals surface area (Å²) in [5, 5.41) is 15.1. The highest BCUT2D eigenvalue weighted by atomic mass is 127. The Hall–Kier alpha value is -0.980. The van der Waals surface area contributed by atoms with Crippen molar-refractivity contribution < 1.29 is 9.90 Å².